The zero-order chi connectivity index (χ0) is 21.5. The predicted molar refractivity (Wildman–Crippen MR) is 120 cm³/mol. The van der Waals surface area contributed by atoms with Crippen molar-refractivity contribution in [3.05, 3.63) is 53.1 Å². The maximum absolute atomic E-state index is 11.9. The summed E-state index contributed by atoms with van der Waals surface area (Å²) in [6, 6.07) is 5.62. The first-order valence-corrected chi connectivity index (χ1v) is 10.4. The third kappa shape index (κ3) is 11.2. The molecule has 1 aromatic carbocycles. The van der Waals surface area contributed by atoms with Gasteiger partial charge in [-0.15, -0.1) is 0 Å². The van der Waals surface area contributed by atoms with Gasteiger partial charge >= 0.3 is 5.97 Å². The number of esters is 1. The van der Waals surface area contributed by atoms with Crippen molar-refractivity contribution >= 4 is 12.0 Å². The van der Waals surface area contributed by atoms with E-state index in [0.29, 0.717) is 12.4 Å². The molecular weight excluding hydrogens is 364 g/mol. The van der Waals surface area contributed by atoms with Crippen LogP contribution < -0.4 is 9.47 Å². The highest BCUT2D eigenvalue weighted by Crippen LogP contribution is 2.28. The summed E-state index contributed by atoms with van der Waals surface area (Å²) < 4.78 is 16.4. The average molecular weight is 401 g/mol. The second-order valence-electron chi connectivity index (χ2n) is 7.30. The fourth-order valence-corrected chi connectivity index (χ4v) is 2.61. The van der Waals surface area contributed by atoms with Crippen molar-refractivity contribution in [1.29, 1.82) is 0 Å². The summed E-state index contributed by atoms with van der Waals surface area (Å²) in [6.45, 7) is 9.37. The molecule has 0 aliphatic carbocycles. The molecule has 0 N–H and O–H groups in total. The van der Waals surface area contributed by atoms with E-state index in [4.69, 9.17) is 14.2 Å². The molecule has 0 amide bonds. The fraction of sp³-hybridized carbons (Fsp3) is 0.480. The van der Waals surface area contributed by atoms with E-state index in [2.05, 4.69) is 33.8 Å². The summed E-state index contributed by atoms with van der Waals surface area (Å²) >= 11 is 0. The van der Waals surface area contributed by atoms with Crippen LogP contribution >= 0.6 is 0 Å². The number of allylic oxidation sites excluding steroid dienone is 3. The zero-order valence-electron chi connectivity index (χ0n) is 18.6. The van der Waals surface area contributed by atoms with Crippen LogP contribution in [0.15, 0.2) is 47.6 Å². The molecule has 0 aliphatic heterocycles. The molecule has 29 heavy (non-hydrogen) atoms. The van der Waals surface area contributed by atoms with Crippen molar-refractivity contribution in [2.24, 2.45) is 0 Å². The molecule has 0 radical (unpaired) electrons. The lowest BCUT2D eigenvalue weighted by molar-refractivity contribution is -0.136. The van der Waals surface area contributed by atoms with Crippen LogP contribution in [0.5, 0.6) is 11.5 Å². The molecule has 0 aromatic heterocycles. The Labute approximate surface area is 176 Å². The summed E-state index contributed by atoms with van der Waals surface area (Å²) in [5.74, 6) is 1.02. The quantitative estimate of drug-likeness (QED) is 0.164. The number of unbranched alkanes of at least 4 members (excludes halogenated alkanes) is 2. The highest BCUT2D eigenvalue weighted by Gasteiger charge is 2.05. The van der Waals surface area contributed by atoms with E-state index >= 15 is 0 Å². The Morgan fingerprint density at radius 2 is 1.86 bits per heavy atom. The first kappa shape index (κ1) is 24.5. The van der Waals surface area contributed by atoms with Gasteiger partial charge < -0.3 is 14.2 Å². The van der Waals surface area contributed by atoms with E-state index in [0.717, 1.165) is 43.4 Å². The standard InChI is InChI=1S/C25H36O4/c1-6-7-8-17-28-23-14-12-22(19-24(23)27-5)13-15-25(26)29-18-16-21(4)11-9-10-20(2)3/h10,12-16,19H,6-9,11,17-18H2,1-5H3. The zero-order valence-corrected chi connectivity index (χ0v) is 18.6. The van der Waals surface area contributed by atoms with Gasteiger partial charge in [0.25, 0.3) is 0 Å². The normalized spacial score (nSPS) is 11.4. The Morgan fingerprint density at radius 3 is 2.55 bits per heavy atom. The minimum atomic E-state index is -0.364. The number of benzene rings is 1. The lowest BCUT2D eigenvalue weighted by atomic mass is 10.1. The van der Waals surface area contributed by atoms with Crippen molar-refractivity contribution in [2.45, 2.75) is 59.8 Å². The van der Waals surface area contributed by atoms with Gasteiger partial charge in [-0.2, -0.15) is 0 Å². The molecule has 1 aromatic rings. The van der Waals surface area contributed by atoms with Crippen LogP contribution in [0.25, 0.3) is 6.08 Å². The molecule has 0 saturated carbocycles. The number of hydrogen-bond acceptors (Lipinski definition) is 4. The summed E-state index contributed by atoms with van der Waals surface area (Å²) in [7, 11) is 1.61. The van der Waals surface area contributed by atoms with Crippen LogP contribution in [-0.2, 0) is 9.53 Å². The number of rotatable bonds is 13. The predicted octanol–water partition coefficient (Wildman–Crippen LogP) is 6.51. The first-order valence-electron chi connectivity index (χ1n) is 10.4. The molecule has 0 heterocycles. The third-order valence-electron chi connectivity index (χ3n) is 4.35. The van der Waals surface area contributed by atoms with Gasteiger partial charge in [-0.05, 0) is 69.9 Å². The molecule has 4 nitrogen and oxygen atoms in total. The lowest BCUT2D eigenvalue weighted by Crippen LogP contribution is -2.01. The topological polar surface area (TPSA) is 44.8 Å². The van der Waals surface area contributed by atoms with E-state index in [9.17, 15) is 4.79 Å². The van der Waals surface area contributed by atoms with Crippen molar-refractivity contribution in [3.8, 4) is 11.5 Å². The van der Waals surface area contributed by atoms with E-state index in [1.165, 1.54) is 17.2 Å². The van der Waals surface area contributed by atoms with Gasteiger partial charge in [-0.25, -0.2) is 4.79 Å². The Kier molecular flexibility index (Phi) is 12.3. The molecule has 0 unspecified atom stereocenters. The van der Waals surface area contributed by atoms with E-state index < -0.39 is 0 Å². The first-order chi connectivity index (χ1) is 14.0. The summed E-state index contributed by atoms with van der Waals surface area (Å²) in [5, 5.41) is 0. The molecule has 0 saturated heterocycles. The highest BCUT2D eigenvalue weighted by atomic mass is 16.5. The summed E-state index contributed by atoms with van der Waals surface area (Å²) in [6.07, 6.45) is 12.6. The van der Waals surface area contributed by atoms with E-state index in [-0.39, 0.29) is 12.6 Å². The monoisotopic (exact) mass is 400 g/mol. The Hall–Kier alpha value is -2.49. The number of carbonyl (C=O) groups is 1. The van der Waals surface area contributed by atoms with Gasteiger partial charge in [-0.3, -0.25) is 0 Å². The lowest BCUT2D eigenvalue weighted by Gasteiger charge is -2.11. The molecular formula is C25H36O4. The van der Waals surface area contributed by atoms with Crippen molar-refractivity contribution < 1.29 is 19.0 Å². The van der Waals surface area contributed by atoms with E-state index in [1.54, 1.807) is 13.2 Å². The number of ether oxygens (including phenoxy) is 3. The molecule has 1 rings (SSSR count). The number of hydrogen-bond donors (Lipinski definition) is 0. The number of carbonyl (C=O) groups excluding carboxylic acids is 1. The molecule has 0 spiro atoms. The SMILES string of the molecule is CCCCCOc1ccc(C=CC(=O)OCC=C(C)CCC=C(C)C)cc1OC. The van der Waals surface area contributed by atoms with Crippen LogP contribution in [0.1, 0.15) is 65.4 Å². The minimum absolute atomic E-state index is 0.289. The molecule has 0 atom stereocenters. The fourth-order valence-electron chi connectivity index (χ4n) is 2.61. The maximum atomic E-state index is 11.9. The van der Waals surface area contributed by atoms with Gasteiger partial charge in [0, 0.05) is 6.08 Å². The van der Waals surface area contributed by atoms with Gasteiger partial charge in [0.15, 0.2) is 11.5 Å². The molecule has 0 aliphatic rings. The second-order valence-corrected chi connectivity index (χ2v) is 7.30. The van der Waals surface area contributed by atoms with Crippen molar-refractivity contribution in [2.75, 3.05) is 20.3 Å². The number of methoxy groups -OCH3 is 1. The summed E-state index contributed by atoms with van der Waals surface area (Å²) in [5.41, 5.74) is 3.40. The van der Waals surface area contributed by atoms with Crippen LogP contribution in [-0.4, -0.2) is 26.3 Å². The van der Waals surface area contributed by atoms with Gasteiger partial charge in [-0.1, -0.05) is 43.1 Å². The van der Waals surface area contributed by atoms with Crippen molar-refractivity contribution in [3.63, 3.8) is 0 Å². The highest BCUT2D eigenvalue weighted by molar-refractivity contribution is 5.87. The average Bonchev–Trinajstić information content (AvgIpc) is 2.69. The van der Waals surface area contributed by atoms with Crippen LogP contribution in [0.3, 0.4) is 0 Å². The Balaban J connectivity index is 2.50. The Morgan fingerprint density at radius 1 is 1.07 bits per heavy atom. The van der Waals surface area contributed by atoms with Crippen LogP contribution in [0.2, 0.25) is 0 Å². The molecule has 160 valence electrons. The molecule has 4 heteroatoms. The van der Waals surface area contributed by atoms with Crippen LogP contribution in [0.4, 0.5) is 0 Å². The Bertz CT molecular complexity index is 710. The van der Waals surface area contributed by atoms with Crippen molar-refractivity contribution in [1.82, 2.24) is 0 Å². The third-order valence-corrected chi connectivity index (χ3v) is 4.35. The van der Waals surface area contributed by atoms with Gasteiger partial charge in [0.05, 0.1) is 13.7 Å². The minimum Gasteiger partial charge on any atom is -0.493 e. The molecule has 0 fully saturated rings. The second kappa shape index (κ2) is 14.5. The molecule has 0 bridgehead atoms. The summed E-state index contributed by atoms with van der Waals surface area (Å²) in [4.78, 5) is 11.9. The smallest absolute Gasteiger partial charge is 0.331 e. The largest absolute Gasteiger partial charge is 0.493 e. The van der Waals surface area contributed by atoms with Crippen LogP contribution in [0, 0.1) is 0 Å². The van der Waals surface area contributed by atoms with E-state index in [1.807, 2.05) is 24.3 Å². The maximum Gasteiger partial charge on any atom is 0.331 e. The van der Waals surface area contributed by atoms with Gasteiger partial charge in [0.1, 0.15) is 6.61 Å². The van der Waals surface area contributed by atoms with Gasteiger partial charge in [0.2, 0.25) is 0 Å².